The maximum Gasteiger partial charge on any atom is 0.172 e. The van der Waals surface area contributed by atoms with Crippen LogP contribution in [0, 0.1) is 5.92 Å². The highest BCUT2D eigenvalue weighted by Gasteiger charge is 2.30. The summed E-state index contributed by atoms with van der Waals surface area (Å²) < 4.78 is 0. The number of benzene rings is 1. The minimum atomic E-state index is 0.237. The van der Waals surface area contributed by atoms with Gasteiger partial charge in [-0.15, -0.1) is 10.2 Å². The molecule has 40 heavy (non-hydrogen) atoms. The van der Waals surface area contributed by atoms with Gasteiger partial charge in [0.25, 0.3) is 0 Å². The molecule has 0 aliphatic carbocycles. The van der Waals surface area contributed by atoms with E-state index in [4.69, 9.17) is 0 Å². The van der Waals surface area contributed by atoms with Gasteiger partial charge >= 0.3 is 0 Å². The molecule has 0 spiro atoms. The lowest BCUT2D eigenvalue weighted by Crippen LogP contribution is -2.52. The molecule has 3 fully saturated rings. The number of nitrogens with one attached hydrogen (secondary N) is 2. The number of anilines is 2. The molecule has 3 saturated heterocycles. The second-order valence-corrected chi connectivity index (χ2v) is 12.4. The Balaban J connectivity index is 0.964. The number of fused-ring (bicyclic) bond motifs is 1. The van der Waals surface area contributed by atoms with Gasteiger partial charge in [0.1, 0.15) is 5.75 Å². The molecule has 0 radical (unpaired) electrons. The van der Waals surface area contributed by atoms with Crippen LogP contribution in [0.1, 0.15) is 38.5 Å². The molecule has 9 heteroatoms. The van der Waals surface area contributed by atoms with Crippen molar-refractivity contribution >= 4 is 11.5 Å². The smallest absolute Gasteiger partial charge is 0.172 e. The number of piperidine rings is 3. The van der Waals surface area contributed by atoms with Crippen LogP contribution in [0.15, 0.2) is 30.3 Å². The Hall–Kier alpha value is -2.46. The monoisotopic (exact) mass is 548 g/mol. The molecule has 3 N–H and O–H groups in total. The van der Waals surface area contributed by atoms with E-state index in [1.807, 2.05) is 18.2 Å². The number of hydrogen-bond acceptors (Lipinski definition) is 9. The first-order chi connectivity index (χ1) is 19.6. The molecular formula is C31H48N8O. The molecule has 0 amide bonds. The minimum Gasteiger partial charge on any atom is -0.507 e. The van der Waals surface area contributed by atoms with Gasteiger partial charge in [-0.2, -0.15) is 0 Å². The number of para-hydroxylation sites is 1. The van der Waals surface area contributed by atoms with Gasteiger partial charge in [-0.1, -0.05) is 12.1 Å². The molecule has 2 aromatic rings. The predicted octanol–water partition coefficient (Wildman–Crippen LogP) is 2.94. The van der Waals surface area contributed by atoms with Crippen molar-refractivity contribution in [3.63, 3.8) is 0 Å². The maximum atomic E-state index is 10.3. The number of rotatable bonds is 8. The normalized spacial score (nSPS) is 23.8. The number of nitrogens with zero attached hydrogens (tertiary/aromatic N) is 6. The van der Waals surface area contributed by atoms with Crippen LogP contribution in [-0.4, -0.2) is 121 Å². The second kappa shape index (κ2) is 13.0. The number of likely N-dealkylation sites (N-methyl/N-ethyl adjacent to an activating group) is 1. The van der Waals surface area contributed by atoms with E-state index in [2.05, 4.69) is 53.5 Å². The van der Waals surface area contributed by atoms with Crippen LogP contribution in [-0.2, 0) is 0 Å². The van der Waals surface area contributed by atoms with Crippen molar-refractivity contribution in [3.8, 4) is 17.0 Å². The van der Waals surface area contributed by atoms with Crippen molar-refractivity contribution in [2.24, 2.45) is 5.92 Å². The first-order valence-electron chi connectivity index (χ1n) is 15.7. The Bertz CT molecular complexity index is 1090. The summed E-state index contributed by atoms with van der Waals surface area (Å²) in [6, 6.07) is 10.9. The number of phenolic OH excluding ortho intramolecular Hbond substituents is 1. The van der Waals surface area contributed by atoms with Crippen LogP contribution < -0.4 is 15.5 Å². The number of hydrogen-bond donors (Lipinski definition) is 3. The highest BCUT2D eigenvalue weighted by atomic mass is 16.3. The zero-order valence-electron chi connectivity index (χ0n) is 24.3. The average molecular weight is 549 g/mol. The van der Waals surface area contributed by atoms with E-state index in [1.54, 1.807) is 6.07 Å². The molecule has 1 aromatic heterocycles. The van der Waals surface area contributed by atoms with Gasteiger partial charge in [-0.05, 0) is 109 Å². The van der Waals surface area contributed by atoms with Crippen molar-refractivity contribution in [3.05, 3.63) is 30.3 Å². The lowest BCUT2D eigenvalue weighted by Gasteiger charge is -2.44. The third kappa shape index (κ3) is 6.54. The van der Waals surface area contributed by atoms with Crippen LogP contribution in [0.2, 0.25) is 0 Å². The Labute approximate surface area is 239 Å². The molecule has 0 saturated carbocycles. The Morgan fingerprint density at radius 3 is 2.58 bits per heavy atom. The van der Waals surface area contributed by atoms with E-state index in [9.17, 15) is 5.11 Å². The van der Waals surface area contributed by atoms with Gasteiger partial charge < -0.3 is 35.3 Å². The summed E-state index contributed by atoms with van der Waals surface area (Å²) >= 11 is 0. The summed E-state index contributed by atoms with van der Waals surface area (Å²) in [5.41, 5.74) is 2.51. The van der Waals surface area contributed by atoms with Crippen molar-refractivity contribution in [2.45, 2.75) is 50.6 Å². The number of likely N-dealkylation sites (tertiary alicyclic amines) is 2. The molecule has 1 aromatic carbocycles. The molecule has 4 aliphatic rings. The van der Waals surface area contributed by atoms with Gasteiger partial charge in [0.2, 0.25) is 0 Å². The summed E-state index contributed by atoms with van der Waals surface area (Å²) in [7, 11) is 2.31. The molecule has 6 rings (SSSR count). The van der Waals surface area contributed by atoms with E-state index in [-0.39, 0.29) is 5.75 Å². The Kier molecular flexibility index (Phi) is 9.01. The van der Waals surface area contributed by atoms with Gasteiger partial charge in [0.15, 0.2) is 5.82 Å². The molecule has 1 atom stereocenters. The van der Waals surface area contributed by atoms with E-state index in [1.165, 1.54) is 84.3 Å². The topological polar surface area (TPSA) is 83.0 Å². The number of aromatic hydroxyl groups is 1. The summed E-state index contributed by atoms with van der Waals surface area (Å²) in [6.45, 7) is 12.6. The standard InChI is InChI=1S/C31H48N8O/c1-36(19-20-39-18-13-33-31-29(39)21-28(34-35-31)27-6-2-3-7-30(27)40)25-10-16-38(17-11-25)26-8-14-37(15-9-26)23-24-5-4-12-32-22-24/h2-3,6-7,21,24-26,32,40H,4-5,8-20,22-23H2,1H3,(H,33,35). The minimum absolute atomic E-state index is 0.237. The third-order valence-electron chi connectivity index (χ3n) is 9.80. The fraction of sp³-hybridized carbons (Fsp3) is 0.677. The fourth-order valence-corrected chi connectivity index (χ4v) is 7.30. The van der Waals surface area contributed by atoms with Gasteiger partial charge in [-0.3, -0.25) is 0 Å². The maximum absolute atomic E-state index is 10.3. The van der Waals surface area contributed by atoms with E-state index < -0.39 is 0 Å². The molecule has 0 bridgehead atoms. The first-order valence-corrected chi connectivity index (χ1v) is 15.7. The number of aromatic nitrogens is 2. The van der Waals surface area contributed by atoms with E-state index in [0.717, 1.165) is 55.2 Å². The zero-order chi connectivity index (χ0) is 27.3. The van der Waals surface area contributed by atoms with Crippen LogP contribution in [0.25, 0.3) is 11.3 Å². The molecular weight excluding hydrogens is 500 g/mol. The van der Waals surface area contributed by atoms with Crippen LogP contribution in [0.5, 0.6) is 5.75 Å². The van der Waals surface area contributed by atoms with Gasteiger partial charge in [0.05, 0.1) is 11.4 Å². The lowest BCUT2D eigenvalue weighted by molar-refractivity contribution is 0.0574. The van der Waals surface area contributed by atoms with E-state index in [0.29, 0.717) is 11.7 Å². The SMILES string of the molecule is CN(CCN1CCNc2nnc(-c3ccccc3O)cc21)C1CCN(C2CCN(CC3CCCNC3)CC2)CC1. The quantitative estimate of drug-likeness (QED) is 0.461. The largest absolute Gasteiger partial charge is 0.507 e. The summed E-state index contributed by atoms with van der Waals surface area (Å²) in [5, 5.41) is 26.1. The summed E-state index contributed by atoms with van der Waals surface area (Å²) in [6.07, 6.45) is 7.98. The second-order valence-electron chi connectivity index (χ2n) is 12.4. The lowest BCUT2D eigenvalue weighted by atomic mass is 9.95. The Morgan fingerprint density at radius 2 is 1.80 bits per heavy atom. The zero-order valence-corrected chi connectivity index (χ0v) is 24.3. The first kappa shape index (κ1) is 27.7. The van der Waals surface area contributed by atoms with E-state index >= 15 is 0 Å². The van der Waals surface area contributed by atoms with Gasteiger partial charge in [0, 0.05) is 50.4 Å². The van der Waals surface area contributed by atoms with Crippen molar-refractivity contribution in [1.82, 2.24) is 30.2 Å². The fourth-order valence-electron chi connectivity index (χ4n) is 7.30. The van der Waals surface area contributed by atoms with Gasteiger partial charge in [-0.25, -0.2) is 0 Å². The molecule has 218 valence electrons. The van der Waals surface area contributed by atoms with Crippen LogP contribution in [0.4, 0.5) is 11.5 Å². The predicted molar refractivity (Wildman–Crippen MR) is 162 cm³/mol. The van der Waals surface area contributed by atoms with Crippen LogP contribution >= 0.6 is 0 Å². The highest BCUT2D eigenvalue weighted by molar-refractivity contribution is 5.75. The Morgan fingerprint density at radius 1 is 0.975 bits per heavy atom. The van der Waals surface area contributed by atoms with Crippen molar-refractivity contribution in [2.75, 3.05) is 89.3 Å². The molecule has 4 aliphatic heterocycles. The third-order valence-corrected chi connectivity index (χ3v) is 9.80. The summed E-state index contributed by atoms with van der Waals surface area (Å²) in [4.78, 5) is 10.5. The van der Waals surface area contributed by atoms with Crippen molar-refractivity contribution in [1.29, 1.82) is 0 Å². The number of phenols is 1. The molecule has 5 heterocycles. The van der Waals surface area contributed by atoms with Crippen LogP contribution in [0.3, 0.4) is 0 Å². The average Bonchev–Trinajstić information content (AvgIpc) is 3.01. The highest BCUT2D eigenvalue weighted by Crippen LogP contribution is 2.33. The summed E-state index contributed by atoms with van der Waals surface area (Å²) in [5.74, 6) is 1.93. The van der Waals surface area contributed by atoms with Crippen molar-refractivity contribution < 1.29 is 5.11 Å². The molecule has 1 unspecified atom stereocenters. The molecule has 9 nitrogen and oxygen atoms in total.